The van der Waals surface area contributed by atoms with Crippen LogP contribution in [0, 0.1) is 0 Å². The Bertz CT molecular complexity index is 118. The molecule has 0 aromatic rings. The molecule has 0 N–H and O–H groups in total. The van der Waals surface area contributed by atoms with Gasteiger partial charge in [0.2, 0.25) is 0 Å². The highest BCUT2D eigenvalue weighted by Gasteiger charge is 2.12. The zero-order valence-electron chi connectivity index (χ0n) is 10.4. The Morgan fingerprint density at radius 3 is 1.86 bits per heavy atom. The van der Waals surface area contributed by atoms with Crippen molar-refractivity contribution >= 4 is 7.85 Å². The Balaban J connectivity index is 3.13. The maximum Gasteiger partial charge on any atom is 0.0742 e. The molecular weight excluding hydrogens is 167 g/mol. The zero-order valence-corrected chi connectivity index (χ0v) is 10.4. The second-order valence-electron chi connectivity index (χ2n) is 4.88. The van der Waals surface area contributed by atoms with E-state index in [0.29, 0.717) is 0 Å². The van der Waals surface area contributed by atoms with Gasteiger partial charge in [-0.2, -0.15) is 0 Å². The standard InChI is InChI=1S/C13H27B/c1-4-6-7-8-9-10-11-12-13(3,14)5-2/h4-12H2,1-3H3/t13-/m1/s1. The van der Waals surface area contributed by atoms with Crippen LogP contribution in [0.1, 0.15) is 78.6 Å². The fourth-order valence-electron chi connectivity index (χ4n) is 1.66. The van der Waals surface area contributed by atoms with Crippen molar-refractivity contribution in [2.75, 3.05) is 0 Å². The molecule has 1 atom stereocenters. The molecule has 0 aliphatic heterocycles. The minimum absolute atomic E-state index is 0.0867. The summed E-state index contributed by atoms with van der Waals surface area (Å²) >= 11 is 0. The molecule has 82 valence electrons. The SMILES string of the molecule is [B][C@](C)(CC)CCCCCCCCC. The highest BCUT2D eigenvalue weighted by atomic mass is 14.1. The van der Waals surface area contributed by atoms with Gasteiger partial charge >= 0.3 is 0 Å². The summed E-state index contributed by atoms with van der Waals surface area (Å²) in [6, 6.07) is 0. The summed E-state index contributed by atoms with van der Waals surface area (Å²) in [5.41, 5.74) is 0. The maximum atomic E-state index is 6.08. The van der Waals surface area contributed by atoms with E-state index in [4.69, 9.17) is 7.85 Å². The molecule has 0 saturated heterocycles. The van der Waals surface area contributed by atoms with Crippen LogP contribution in [0.3, 0.4) is 0 Å². The molecule has 0 aliphatic rings. The van der Waals surface area contributed by atoms with Crippen molar-refractivity contribution in [3.05, 3.63) is 0 Å². The normalized spacial score (nSPS) is 15.4. The first-order chi connectivity index (χ1) is 6.62. The van der Waals surface area contributed by atoms with E-state index in [1.54, 1.807) is 0 Å². The maximum absolute atomic E-state index is 6.08. The predicted octanol–water partition coefficient (Wildman–Crippen LogP) is 4.88. The number of hydrogen-bond donors (Lipinski definition) is 0. The molecule has 0 saturated carbocycles. The van der Waals surface area contributed by atoms with Gasteiger partial charge in [-0.1, -0.05) is 83.9 Å². The average Bonchev–Trinajstić information content (AvgIpc) is 2.16. The molecule has 0 amide bonds. The van der Waals surface area contributed by atoms with Gasteiger partial charge in [-0.05, 0) is 0 Å². The lowest BCUT2D eigenvalue weighted by Gasteiger charge is -2.22. The summed E-state index contributed by atoms with van der Waals surface area (Å²) in [6.45, 7) is 6.62. The predicted molar refractivity (Wildman–Crippen MR) is 67.0 cm³/mol. The first-order valence-corrected chi connectivity index (χ1v) is 6.41. The molecule has 0 heterocycles. The van der Waals surface area contributed by atoms with Crippen LogP contribution >= 0.6 is 0 Å². The number of hydrogen-bond acceptors (Lipinski definition) is 0. The van der Waals surface area contributed by atoms with Crippen molar-refractivity contribution in [1.29, 1.82) is 0 Å². The quantitative estimate of drug-likeness (QED) is 0.362. The monoisotopic (exact) mass is 194 g/mol. The van der Waals surface area contributed by atoms with Crippen molar-refractivity contribution in [3.63, 3.8) is 0 Å². The van der Waals surface area contributed by atoms with Gasteiger partial charge in [0.1, 0.15) is 0 Å². The van der Waals surface area contributed by atoms with Crippen molar-refractivity contribution in [3.8, 4) is 0 Å². The Morgan fingerprint density at radius 1 is 0.857 bits per heavy atom. The topological polar surface area (TPSA) is 0 Å². The van der Waals surface area contributed by atoms with Crippen molar-refractivity contribution in [2.45, 2.75) is 83.9 Å². The van der Waals surface area contributed by atoms with E-state index in [2.05, 4.69) is 20.8 Å². The highest BCUT2D eigenvalue weighted by Crippen LogP contribution is 2.31. The van der Waals surface area contributed by atoms with Crippen LogP contribution in [-0.2, 0) is 0 Å². The molecule has 2 radical (unpaired) electrons. The second kappa shape index (κ2) is 8.38. The summed E-state index contributed by atoms with van der Waals surface area (Å²) in [5, 5.41) is 0.0867. The Labute approximate surface area is 92.3 Å². The van der Waals surface area contributed by atoms with E-state index in [1.165, 1.54) is 51.4 Å². The van der Waals surface area contributed by atoms with Gasteiger partial charge in [-0.3, -0.25) is 0 Å². The fourth-order valence-corrected chi connectivity index (χ4v) is 1.66. The third-order valence-electron chi connectivity index (χ3n) is 3.16. The molecule has 0 spiro atoms. The van der Waals surface area contributed by atoms with Gasteiger partial charge in [-0.25, -0.2) is 0 Å². The fraction of sp³-hybridized carbons (Fsp3) is 1.00. The van der Waals surface area contributed by atoms with Gasteiger partial charge in [0.05, 0.1) is 7.85 Å². The highest BCUT2D eigenvalue weighted by molar-refractivity contribution is 6.14. The Kier molecular flexibility index (Phi) is 8.42. The lowest BCUT2D eigenvalue weighted by Crippen LogP contribution is -2.05. The molecule has 14 heavy (non-hydrogen) atoms. The summed E-state index contributed by atoms with van der Waals surface area (Å²) in [6.07, 6.45) is 12.0. The van der Waals surface area contributed by atoms with Gasteiger partial charge in [-0.15, -0.1) is 0 Å². The average molecular weight is 194 g/mol. The molecule has 0 nitrogen and oxygen atoms in total. The lowest BCUT2D eigenvalue weighted by atomic mass is 9.65. The van der Waals surface area contributed by atoms with Gasteiger partial charge < -0.3 is 0 Å². The molecule has 0 bridgehead atoms. The number of rotatable bonds is 9. The third kappa shape index (κ3) is 8.65. The molecule has 0 aromatic carbocycles. The van der Waals surface area contributed by atoms with Gasteiger partial charge in [0.15, 0.2) is 0 Å². The van der Waals surface area contributed by atoms with Gasteiger partial charge in [0.25, 0.3) is 0 Å². The molecular formula is C13H27B. The van der Waals surface area contributed by atoms with E-state index in [9.17, 15) is 0 Å². The first kappa shape index (κ1) is 14.1. The minimum Gasteiger partial charge on any atom is -0.0691 e. The van der Waals surface area contributed by atoms with Crippen LogP contribution in [0.2, 0.25) is 5.31 Å². The van der Waals surface area contributed by atoms with E-state index in [-0.39, 0.29) is 5.31 Å². The van der Waals surface area contributed by atoms with Crippen molar-refractivity contribution in [1.82, 2.24) is 0 Å². The molecule has 0 unspecified atom stereocenters. The molecule has 0 fully saturated rings. The first-order valence-electron chi connectivity index (χ1n) is 6.41. The van der Waals surface area contributed by atoms with Crippen LogP contribution in [0.4, 0.5) is 0 Å². The van der Waals surface area contributed by atoms with E-state index in [0.717, 1.165) is 6.42 Å². The Morgan fingerprint density at radius 2 is 1.36 bits per heavy atom. The largest absolute Gasteiger partial charge is 0.0742 e. The smallest absolute Gasteiger partial charge is 0.0691 e. The van der Waals surface area contributed by atoms with Crippen LogP contribution in [0.15, 0.2) is 0 Å². The molecule has 0 aromatic heterocycles. The molecule has 0 aliphatic carbocycles. The molecule has 1 heteroatoms. The summed E-state index contributed by atoms with van der Waals surface area (Å²) in [5.74, 6) is 0. The molecule has 0 rings (SSSR count). The number of unbranched alkanes of at least 4 members (excludes halogenated alkanes) is 6. The summed E-state index contributed by atoms with van der Waals surface area (Å²) < 4.78 is 0. The Hall–Kier alpha value is 0.0649. The summed E-state index contributed by atoms with van der Waals surface area (Å²) in [7, 11) is 6.08. The van der Waals surface area contributed by atoms with Crippen molar-refractivity contribution in [2.24, 2.45) is 0 Å². The van der Waals surface area contributed by atoms with Gasteiger partial charge in [0, 0.05) is 0 Å². The lowest BCUT2D eigenvalue weighted by molar-refractivity contribution is 0.489. The minimum atomic E-state index is 0.0867. The van der Waals surface area contributed by atoms with E-state index in [1.807, 2.05) is 0 Å². The van der Waals surface area contributed by atoms with E-state index >= 15 is 0 Å². The van der Waals surface area contributed by atoms with Crippen LogP contribution in [-0.4, -0.2) is 7.85 Å². The summed E-state index contributed by atoms with van der Waals surface area (Å²) in [4.78, 5) is 0. The van der Waals surface area contributed by atoms with Crippen molar-refractivity contribution < 1.29 is 0 Å². The van der Waals surface area contributed by atoms with Crippen LogP contribution in [0.25, 0.3) is 0 Å². The van der Waals surface area contributed by atoms with Crippen LogP contribution < -0.4 is 0 Å². The van der Waals surface area contributed by atoms with Crippen LogP contribution in [0.5, 0.6) is 0 Å². The third-order valence-corrected chi connectivity index (χ3v) is 3.16. The van der Waals surface area contributed by atoms with E-state index < -0.39 is 0 Å². The zero-order chi connectivity index (χ0) is 10.9. The second-order valence-corrected chi connectivity index (χ2v) is 4.88.